The van der Waals surface area contributed by atoms with Crippen LogP contribution < -0.4 is 0 Å². The average molecular weight is 495 g/mol. The van der Waals surface area contributed by atoms with Crippen molar-refractivity contribution in [1.29, 1.82) is 0 Å². The van der Waals surface area contributed by atoms with Crippen LogP contribution in [0.3, 0.4) is 0 Å². The number of terminal acetylenes is 1. The Hall–Kier alpha value is -0.960. The Bertz CT molecular complexity index is 770. The van der Waals surface area contributed by atoms with Crippen LogP contribution in [0.5, 0.6) is 0 Å². The molecule has 0 heterocycles. The first kappa shape index (κ1) is 31.3. The van der Waals surface area contributed by atoms with Crippen molar-refractivity contribution >= 4 is 0 Å². The van der Waals surface area contributed by atoms with Crippen LogP contribution in [0, 0.1) is 69.5 Å². The van der Waals surface area contributed by atoms with E-state index in [1.807, 2.05) is 20.8 Å². The predicted octanol–water partition coefficient (Wildman–Crippen LogP) is 11.1. The van der Waals surface area contributed by atoms with Crippen LogP contribution in [0.15, 0.2) is 25.3 Å². The van der Waals surface area contributed by atoms with Gasteiger partial charge in [-0.15, -0.1) is 26.0 Å². The largest absolute Gasteiger partial charge is 0.124 e. The van der Waals surface area contributed by atoms with Gasteiger partial charge in [0, 0.05) is 0 Å². The van der Waals surface area contributed by atoms with Crippen molar-refractivity contribution in [2.75, 3.05) is 0 Å². The third-order valence-corrected chi connectivity index (χ3v) is 13.4. The Labute approximate surface area is 227 Å². The van der Waals surface area contributed by atoms with Crippen molar-refractivity contribution in [3.8, 4) is 12.8 Å². The van der Waals surface area contributed by atoms with Crippen LogP contribution in [0.25, 0.3) is 0 Å². The zero-order valence-electron chi connectivity index (χ0n) is 25.9. The van der Waals surface area contributed by atoms with Gasteiger partial charge in [-0.05, 0) is 128 Å². The summed E-state index contributed by atoms with van der Waals surface area (Å²) in [5.41, 5.74) is 2.69. The van der Waals surface area contributed by atoms with Crippen molar-refractivity contribution in [3.05, 3.63) is 25.3 Å². The summed E-state index contributed by atoms with van der Waals surface area (Å²) < 4.78 is 0. The van der Waals surface area contributed by atoms with Crippen LogP contribution in [0.1, 0.15) is 133 Å². The number of fused-ring (bicyclic) bond motifs is 7. The summed E-state index contributed by atoms with van der Waals surface area (Å²) in [6, 6.07) is 0. The van der Waals surface area contributed by atoms with Gasteiger partial charge in [0.1, 0.15) is 0 Å². The Balaban J connectivity index is 0.000000596. The minimum atomic E-state index is 0.497. The van der Waals surface area contributed by atoms with Crippen LogP contribution in [-0.2, 0) is 0 Å². The third-order valence-electron chi connectivity index (χ3n) is 13.4. The van der Waals surface area contributed by atoms with E-state index in [0.29, 0.717) is 27.1 Å². The first-order chi connectivity index (χ1) is 17.0. The minimum absolute atomic E-state index is 0.497. The summed E-state index contributed by atoms with van der Waals surface area (Å²) in [5.74, 6) is 4.65. The fourth-order valence-corrected chi connectivity index (χ4v) is 11.2. The van der Waals surface area contributed by atoms with Crippen molar-refractivity contribution in [2.45, 2.75) is 133 Å². The summed E-state index contributed by atoms with van der Waals surface area (Å²) in [7, 11) is 0. The molecule has 0 heteroatoms. The molecule has 4 unspecified atom stereocenters. The van der Waals surface area contributed by atoms with E-state index in [1.165, 1.54) is 70.6 Å². The molecule has 0 spiro atoms. The molecule has 5 aliphatic carbocycles. The van der Waals surface area contributed by atoms with Crippen molar-refractivity contribution in [2.24, 2.45) is 56.7 Å². The standard InChI is InChI=1S/C29H48.C3H6.C2H6.C2H2/c1-8-29-15-9-10-22(29)21-11-12-24-26(5)16-13-20(2)25(3,4)23(26)14-17-28(24,7)27(21,6)18-19-29;1-3-2;2*1-2/h8,20-24H,1,9-19H2,2-7H3;3H,1H2,2H3;1-2H3;1-2H/t20-,21?,22?,23?,24?,26-,27+,28+,29+;;;/m0.../s1. The number of rotatable bonds is 1. The molecule has 0 aromatic heterocycles. The molecule has 0 bridgehead atoms. The van der Waals surface area contributed by atoms with Crippen LogP contribution in [-0.4, -0.2) is 0 Å². The fourth-order valence-electron chi connectivity index (χ4n) is 11.2. The summed E-state index contributed by atoms with van der Waals surface area (Å²) in [6.07, 6.45) is 28.4. The van der Waals surface area contributed by atoms with E-state index in [-0.39, 0.29) is 0 Å². The maximum Gasteiger partial charge on any atom is -0.00896 e. The van der Waals surface area contributed by atoms with E-state index in [0.717, 1.165) is 29.6 Å². The summed E-state index contributed by atoms with van der Waals surface area (Å²) in [4.78, 5) is 0. The molecule has 0 N–H and O–H groups in total. The maximum atomic E-state index is 4.36. The van der Waals surface area contributed by atoms with Gasteiger partial charge in [0.25, 0.3) is 0 Å². The third kappa shape index (κ3) is 4.38. The average Bonchev–Trinajstić information content (AvgIpc) is 3.30. The highest BCUT2D eigenvalue weighted by molar-refractivity contribution is 5.20. The molecule has 36 heavy (non-hydrogen) atoms. The predicted molar refractivity (Wildman–Crippen MR) is 162 cm³/mol. The maximum absolute atomic E-state index is 4.36. The second kappa shape index (κ2) is 11.4. The van der Waals surface area contributed by atoms with Gasteiger partial charge in [-0.2, -0.15) is 0 Å². The fraction of sp³-hybridized carbons (Fsp3) is 0.833. The molecule has 0 aromatic carbocycles. The minimum Gasteiger partial charge on any atom is -0.124 e. The molecule has 0 aromatic rings. The van der Waals surface area contributed by atoms with Crippen LogP contribution in [0.4, 0.5) is 0 Å². The van der Waals surface area contributed by atoms with Gasteiger partial charge in [-0.1, -0.05) is 74.0 Å². The molecule has 5 fully saturated rings. The normalized spacial score (nSPS) is 47.7. The van der Waals surface area contributed by atoms with Gasteiger partial charge < -0.3 is 0 Å². The lowest BCUT2D eigenvalue weighted by molar-refractivity contribution is -0.236. The van der Waals surface area contributed by atoms with Crippen molar-refractivity contribution in [1.82, 2.24) is 0 Å². The molecule has 206 valence electrons. The van der Waals surface area contributed by atoms with Crippen LogP contribution in [0.2, 0.25) is 0 Å². The molecule has 5 rings (SSSR count). The Kier molecular flexibility index (Phi) is 9.92. The second-order valence-corrected chi connectivity index (χ2v) is 14.3. The highest BCUT2D eigenvalue weighted by Crippen LogP contribution is 2.77. The smallest absolute Gasteiger partial charge is 0.00896 e. The Morgan fingerprint density at radius 2 is 1.31 bits per heavy atom. The van der Waals surface area contributed by atoms with Gasteiger partial charge in [0.05, 0.1) is 0 Å². The van der Waals surface area contributed by atoms with Crippen molar-refractivity contribution < 1.29 is 0 Å². The first-order valence-corrected chi connectivity index (χ1v) is 15.5. The molecular formula is C36H62. The van der Waals surface area contributed by atoms with Crippen molar-refractivity contribution in [3.63, 3.8) is 0 Å². The zero-order valence-corrected chi connectivity index (χ0v) is 25.9. The summed E-state index contributed by atoms with van der Waals surface area (Å²) in [5, 5.41) is 0. The van der Waals surface area contributed by atoms with E-state index in [1.54, 1.807) is 6.08 Å². The highest BCUT2D eigenvalue weighted by Gasteiger charge is 2.69. The molecule has 0 saturated heterocycles. The molecule has 5 saturated carbocycles. The van der Waals surface area contributed by atoms with E-state index < -0.39 is 0 Å². The van der Waals surface area contributed by atoms with Gasteiger partial charge in [-0.3, -0.25) is 0 Å². The lowest BCUT2D eigenvalue weighted by Crippen LogP contribution is -2.65. The molecule has 0 aliphatic heterocycles. The lowest BCUT2D eigenvalue weighted by atomic mass is 9.32. The molecule has 0 nitrogen and oxygen atoms in total. The first-order valence-electron chi connectivity index (χ1n) is 15.5. The number of allylic oxidation sites excluding steroid dienone is 2. The van der Waals surface area contributed by atoms with Crippen LogP contribution >= 0.6 is 0 Å². The number of hydrogen-bond donors (Lipinski definition) is 0. The van der Waals surface area contributed by atoms with Gasteiger partial charge in [0.15, 0.2) is 0 Å². The Morgan fingerprint density at radius 3 is 1.89 bits per heavy atom. The van der Waals surface area contributed by atoms with E-state index in [4.69, 9.17) is 0 Å². The van der Waals surface area contributed by atoms with E-state index in [9.17, 15) is 0 Å². The van der Waals surface area contributed by atoms with Gasteiger partial charge in [0.2, 0.25) is 0 Å². The zero-order chi connectivity index (χ0) is 27.6. The molecular weight excluding hydrogens is 432 g/mol. The molecule has 9 atom stereocenters. The quantitative estimate of drug-likeness (QED) is 0.251. The van der Waals surface area contributed by atoms with E-state index >= 15 is 0 Å². The SMILES string of the molecule is C#C.C=CC.C=C[C@]12CCCC1C1CCC3[C@@]4(C)CC[C@H](C)C(C)(C)C4CC[C@@]3(C)[C@]1(C)CC2.CC. The van der Waals surface area contributed by atoms with Gasteiger partial charge >= 0.3 is 0 Å². The van der Waals surface area contributed by atoms with E-state index in [2.05, 4.69) is 73.6 Å². The summed E-state index contributed by atoms with van der Waals surface area (Å²) >= 11 is 0. The molecule has 5 aliphatic rings. The van der Waals surface area contributed by atoms with Gasteiger partial charge in [-0.25, -0.2) is 0 Å². The summed E-state index contributed by atoms with van der Waals surface area (Å²) in [6.45, 7) is 29.7. The lowest BCUT2D eigenvalue weighted by Gasteiger charge is -2.72. The highest BCUT2D eigenvalue weighted by atomic mass is 14.7. The number of hydrogen-bond acceptors (Lipinski definition) is 0. The monoisotopic (exact) mass is 494 g/mol. The molecule has 0 amide bonds. The second-order valence-electron chi connectivity index (χ2n) is 14.3. The Morgan fingerprint density at radius 1 is 0.694 bits per heavy atom. The topological polar surface area (TPSA) is 0 Å². The molecule has 0 radical (unpaired) electrons.